The molecule has 0 radical (unpaired) electrons. The molecular weight excluding hydrogens is 1350 g/mol. The van der Waals surface area contributed by atoms with Crippen molar-refractivity contribution in [1.29, 1.82) is 0 Å². The van der Waals surface area contributed by atoms with Crippen molar-refractivity contribution in [3.8, 4) is 0 Å². The summed E-state index contributed by atoms with van der Waals surface area (Å²) in [7, 11) is 9.85. The number of morpholine rings is 1. The number of benzene rings is 2. The molecular formula is C73H104ClF3N12O13. The number of hydrogen-bond donors (Lipinski definition) is 3. The molecule has 3 heterocycles. The summed E-state index contributed by atoms with van der Waals surface area (Å²) >= 11 is 6.16. The minimum absolute atomic E-state index is 0.0195. The van der Waals surface area contributed by atoms with Crippen molar-refractivity contribution in [2.45, 2.75) is 197 Å². The number of ether oxygens (including phenoxy) is 1. The van der Waals surface area contributed by atoms with Crippen LogP contribution in [0.15, 0.2) is 42.5 Å². The summed E-state index contributed by atoms with van der Waals surface area (Å²) in [5.41, 5.74) is -0.834. The van der Waals surface area contributed by atoms with Gasteiger partial charge in [-0.15, -0.1) is 0 Å². The van der Waals surface area contributed by atoms with Crippen LogP contribution in [0.5, 0.6) is 0 Å². The quantitative estimate of drug-likeness (QED) is 0.294. The van der Waals surface area contributed by atoms with E-state index >= 15 is 28.8 Å². The van der Waals surface area contributed by atoms with E-state index in [0.29, 0.717) is 56.9 Å². The number of halogens is 4. The Balaban J connectivity index is 1.18. The Hall–Kier alpha value is -7.88. The van der Waals surface area contributed by atoms with Gasteiger partial charge >= 0.3 is 6.18 Å². The first-order valence-electron chi connectivity index (χ1n) is 36.1. The summed E-state index contributed by atoms with van der Waals surface area (Å²) in [4.78, 5) is 191. The van der Waals surface area contributed by atoms with Crippen LogP contribution in [0.2, 0.25) is 5.02 Å². The second kappa shape index (κ2) is 35.1. The van der Waals surface area contributed by atoms with Crippen molar-refractivity contribution in [3.63, 3.8) is 0 Å². The SMILES string of the molecule is CC[C@H](C)[C@@H]1NC(=O)[C@H](C2CCC2)N(C)C(=O)C[C@@H](C(=O)N2CCOCC2)N(C)C(=O)[C@H](C2CCCCC2)N(C)C(=O)C2(CCCC2)NC(=O)C2CCCN2C(=O)[C@H](CCc2ccc(C(F)(F)F)c(Cl)c2)NC(=O)CN(C)C(=O)[C@H](Cc2ccc(C)cc2)N(C)C(=O)CN(C)C(=O)CN(C)C1=O. The lowest BCUT2D eigenvalue weighted by Crippen LogP contribution is -2.65. The van der Waals surface area contributed by atoms with Crippen LogP contribution in [0.1, 0.15) is 145 Å². The molecule has 25 nitrogen and oxygen atoms in total. The molecule has 0 aromatic heterocycles. The first kappa shape index (κ1) is 79.8. The molecule has 1 unspecified atom stereocenters. The van der Waals surface area contributed by atoms with Gasteiger partial charge in [0.25, 0.3) is 0 Å². The fraction of sp³-hybridized carbons (Fsp3) is 0.671. The summed E-state index contributed by atoms with van der Waals surface area (Å²) in [6.45, 7) is 4.39. The normalized spacial score (nSPS) is 26.3. The van der Waals surface area contributed by atoms with Gasteiger partial charge in [-0.3, -0.25) is 57.5 Å². The number of carbonyl (C=O) groups is 12. The molecule has 6 aliphatic rings. The highest BCUT2D eigenvalue weighted by Crippen LogP contribution is 2.39. The number of carbonyl (C=O) groups excluding carboxylic acids is 12. The smallest absolute Gasteiger partial charge is 0.378 e. The zero-order chi connectivity index (χ0) is 74.7. The van der Waals surface area contributed by atoms with Crippen LogP contribution in [0.3, 0.4) is 0 Å². The molecule has 12 amide bonds. The first-order chi connectivity index (χ1) is 48.3. The summed E-state index contributed by atoms with van der Waals surface area (Å²) in [6.07, 6.45) is 1.73. The standard InChI is InChI=1S/C73H104ClF3N12O13/c1-11-46(3)61-69(99)83(6)43-59(92)81(4)44-60(93)84(7)55(40-48-26-24-45(2)25-27-48)67(97)82(5)42-57(90)78-53(31-29-47-28-30-51(52(74)39-47)73(75,76)77)66(96)89-34-18-23-54(89)64(94)80-72(32-15-16-33-72)71(101)87(10)63(50-19-13-12-14-20-50)70(100)85(8)56(68(98)88-35-37-102-38-36-88)41-58(91)86(9)62(65(95)79-61)49-21-17-22-49/h24-28,30,39,46,49-50,53-56,61-63H,11-23,29,31-38,40-44H2,1-10H3,(H,78,90)(H,79,95)(H,80,94)/t46-,53-,54?,55-,56-,61-,62-,63-/m0/s1. The number of likely N-dealkylation sites (N-methyl/N-ethyl adjacent to an activating group) is 7. The maximum absolute atomic E-state index is 15.8. The predicted molar refractivity (Wildman–Crippen MR) is 372 cm³/mol. The van der Waals surface area contributed by atoms with Gasteiger partial charge < -0.3 is 64.8 Å². The second-order valence-electron chi connectivity index (χ2n) is 29.2. The van der Waals surface area contributed by atoms with E-state index < -0.39 is 173 Å². The van der Waals surface area contributed by atoms with E-state index in [9.17, 15) is 41.9 Å². The van der Waals surface area contributed by atoms with Crippen LogP contribution in [-0.4, -0.2) is 265 Å². The van der Waals surface area contributed by atoms with Crippen LogP contribution in [0.25, 0.3) is 0 Å². The van der Waals surface area contributed by atoms with Gasteiger partial charge in [0.2, 0.25) is 70.9 Å². The average molecular weight is 1450 g/mol. The molecule has 0 bridgehead atoms. The Morgan fingerprint density at radius 1 is 0.627 bits per heavy atom. The maximum Gasteiger partial charge on any atom is 0.417 e. The van der Waals surface area contributed by atoms with E-state index in [2.05, 4.69) is 16.0 Å². The lowest BCUT2D eigenvalue weighted by atomic mass is 9.78. The van der Waals surface area contributed by atoms with Gasteiger partial charge in [-0.2, -0.15) is 13.2 Å². The molecule has 3 saturated heterocycles. The van der Waals surface area contributed by atoms with Gasteiger partial charge in [-0.1, -0.05) is 106 Å². The number of hydrogen-bond acceptors (Lipinski definition) is 13. The zero-order valence-electron chi connectivity index (χ0n) is 60.8. The maximum atomic E-state index is 15.8. The third-order valence-electron chi connectivity index (χ3n) is 22.1. The Morgan fingerprint density at radius 3 is 1.84 bits per heavy atom. The number of nitrogens with one attached hydrogen (secondary N) is 3. The van der Waals surface area contributed by atoms with E-state index in [0.717, 1.165) is 63.0 Å². The van der Waals surface area contributed by atoms with E-state index in [1.54, 1.807) is 19.1 Å². The van der Waals surface area contributed by atoms with Crippen molar-refractivity contribution in [2.75, 3.05) is 102 Å². The Kier molecular flexibility index (Phi) is 27.4. The van der Waals surface area contributed by atoms with E-state index in [-0.39, 0.29) is 82.9 Å². The fourth-order valence-electron chi connectivity index (χ4n) is 15.2. The molecule has 3 aliphatic heterocycles. The highest BCUT2D eigenvalue weighted by Gasteiger charge is 2.52. The molecule has 3 saturated carbocycles. The third kappa shape index (κ3) is 19.1. The topological polar surface area (TPSA) is 279 Å². The van der Waals surface area contributed by atoms with Crippen LogP contribution in [0.4, 0.5) is 13.2 Å². The van der Waals surface area contributed by atoms with Gasteiger partial charge in [0.1, 0.15) is 47.8 Å². The van der Waals surface area contributed by atoms with Gasteiger partial charge in [0, 0.05) is 75.4 Å². The van der Waals surface area contributed by atoms with Crippen molar-refractivity contribution >= 4 is 82.5 Å². The fourth-order valence-corrected chi connectivity index (χ4v) is 15.5. The lowest BCUT2D eigenvalue weighted by Gasteiger charge is -2.44. The Morgan fingerprint density at radius 2 is 1.24 bits per heavy atom. The number of fused-ring (bicyclic) bond motifs is 1. The highest BCUT2D eigenvalue weighted by atomic mass is 35.5. The first-order valence-corrected chi connectivity index (χ1v) is 36.4. The number of aryl methyl sites for hydroxylation is 2. The van der Waals surface area contributed by atoms with Gasteiger partial charge in [0.15, 0.2) is 0 Å². The lowest BCUT2D eigenvalue weighted by molar-refractivity contribution is -0.158. The van der Waals surface area contributed by atoms with E-state index in [1.165, 1.54) is 79.9 Å². The van der Waals surface area contributed by atoms with Crippen LogP contribution in [0, 0.1) is 24.7 Å². The molecule has 2 aromatic carbocycles. The minimum Gasteiger partial charge on any atom is -0.378 e. The van der Waals surface area contributed by atoms with Crippen molar-refractivity contribution in [1.82, 2.24) is 60.0 Å². The largest absolute Gasteiger partial charge is 0.417 e. The molecule has 2 aromatic rings. The van der Waals surface area contributed by atoms with Crippen molar-refractivity contribution in [3.05, 3.63) is 69.7 Å². The number of rotatable bonds is 10. The van der Waals surface area contributed by atoms with Crippen molar-refractivity contribution in [2.24, 2.45) is 17.8 Å². The van der Waals surface area contributed by atoms with Gasteiger partial charge in [-0.25, -0.2) is 0 Å². The molecule has 102 heavy (non-hydrogen) atoms. The number of alkyl halides is 3. The number of amides is 12. The summed E-state index contributed by atoms with van der Waals surface area (Å²) < 4.78 is 47.3. The molecule has 3 aliphatic carbocycles. The molecule has 29 heteroatoms. The van der Waals surface area contributed by atoms with Crippen molar-refractivity contribution < 1.29 is 75.4 Å². The summed E-state index contributed by atoms with van der Waals surface area (Å²) in [6, 6.07) is 1.40. The third-order valence-corrected chi connectivity index (χ3v) is 22.4. The molecule has 1 spiro atoms. The Bertz CT molecular complexity index is 3400. The van der Waals surface area contributed by atoms with E-state index in [1.807, 2.05) is 26.0 Å². The molecule has 8 rings (SSSR count). The summed E-state index contributed by atoms with van der Waals surface area (Å²) in [5, 5.41) is 8.16. The monoisotopic (exact) mass is 1450 g/mol. The molecule has 6 fully saturated rings. The average Bonchev–Trinajstić information content (AvgIpc) is 1.40. The van der Waals surface area contributed by atoms with E-state index in [4.69, 9.17) is 16.3 Å². The van der Waals surface area contributed by atoms with Crippen LogP contribution in [-0.2, 0) is 81.3 Å². The molecule has 8 atom stereocenters. The molecule has 3 N–H and O–H groups in total. The minimum atomic E-state index is -4.77. The summed E-state index contributed by atoms with van der Waals surface area (Å²) in [5.74, 6) is -9.30. The van der Waals surface area contributed by atoms with Gasteiger partial charge in [0.05, 0.1) is 49.9 Å². The highest BCUT2D eigenvalue weighted by molar-refractivity contribution is 6.31. The van der Waals surface area contributed by atoms with Gasteiger partial charge in [-0.05, 0) is 112 Å². The Labute approximate surface area is 601 Å². The second-order valence-corrected chi connectivity index (χ2v) is 29.6. The molecule has 562 valence electrons. The van der Waals surface area contributed by atoms with Crippen LogP contribution >= 0.6 is 11.6 Å². The number of nitrogens with zero attached hydrogens (tertiary/aromatic N) is 9. The van der Waals surface area contributed by atoms with Crippen LogP contribution < -0.4 is 16.0 Å². The predicted octanol–water partition coefficient (Wildman–Crippen LogP) is 4.60. The zero-order valence-corrected chi connectivity index (χ0v) is 61.5.